The third-order valence-electron chi connectivity index (χ3n) is 9.14. The second-order valence-corrected chi connectivity index (χ2v) is 13.0. The van der Waals surface area contributed by atoms with Crippen molar-refractivity contribution in [3.63, 3.8) is 0 Å². The summed E-state index contributed by atoms with van der Waals surface area (Å²) >= 11 is 17.3. The second kappa shape index (κ2) is 7.12. The van der Waals surface area contributed by atoms with Crippen molar-refractivity contribution < 1.29 is 27.8 Å². The van der Waals surface area contributed by atoms with Crippen LogP contribution in [0.5, 0.6) is 0 Å². The Bertz CT molecular complexity index is 1000. The number of ether oxygens (including phenoxy) is 2. The summed E-state index contributed by atoms with van der Waals surface area (Å²) in [5.41, 5.74) is -3.14. The summed E-state index contributed by atoms with van der Waals surface area (Å²) in [6.45, 7) is 7.11. The van der Waals surface area contributed by atoms with Gasteiger partial charge in [-0.2, -0.15) is 0 Å². The molecule has 0 aromatic rings. The van der Waals surface area contributed by atoms with E-state index in [2.05, 4.69) is 15.9 Å². The maximum atomic E-state index is 15.6. The Morgan fingerprint density at radius 2 is 1.91 bits per heavy atom. The van der Waals surface area contributed by atoms with Gasteiger partial charge in [0.1, 0.15) is 6.17 Å². The molecular weight excluding hydrogens is 541 g/mol. The molecule has 0 radical (unpaired) electrons. The Hall–Kier alpha value is -0.340. The van der Waals surface area contributed by atoms with Gasteiger partial charge in [-0.05, 0) is 78.6 Å². The van der Waals surface area contributed by atoms with Gasteiger partial charge >= 0.3 is 0 Å². The van der Waals surface area contributed by atoms with Gasteiger partial charge in [0, 0.05) is 10.8 Å². The zero-order chi connectivity index (χ0) is 24.4. The Kier molecular flexibility index (Phi) is 5.25. The molecule has 1 saturated heterocycles. The van der Waals surface area contributed by atoms with E-state index in [4.69, 9.17) is 32.7 Å². The molecular formula is C24H27BrCl2F2O4. The van der Waals surface area contributed by atoms with Gasteiger partial charge in [-0.15, -0.1) is 23.2 Å². The topological polar surface area (TPSA) is 52.6 Å². The van der Waals surface area contributed by atoms with Gasteiger partial charge in [0.2, 0.25) is 10.9 Å². The molecule has 0 aromatic carbocycles. The molecule has 4 fully saturated rings. The molecule has 3 saturated carbocycles. The van der Waals surface area contributed by atoms with Crippen LogP contribution in [0.15, 0.2) is 23.8 Å². The van der Waals surface area contributed by atoms with E-state index in [1.807, 2.05) is 13.8 Å². The van der Waals surface area contributed by atoms with Crippen molar-refractivity contribution in [3.05, 3.63) is 23.8 Å². The highest BCUT2D eigenvalue weighted by atomic mass is 79.9. The zero-order valence-corrected chi connectivity index (χ0v) is 21.9. The van der Waals surface area contributed by atoms with Gasteiger partial charge in [0.05, 0.1) is 16.4 Å². The minimum Gasteiger partial charge on any atom is -0.344 e. The van der Waals surface area contributed by atoms with Gasteiger partial charge in [-0.3, -0.25) is 9.59 Å². The van der Waals surface area contributed by atoms with E-state index >= 15 is 4.39 Å². The average molecular weight is 568 g/mol. The number of allylic oxidation sites excluding steroid dienone is 4. The van der Waals surface area contributed by atoms with Crippen LogP contribution < -0.4 is 0 Å². The number of hydrogen-bond donors (Lipinski definition) is 0. The largest absolute Gasteiger partial charge is 0.344 e. The predicted molar refractivity (Wildman–Crippen MR) is 124 cm³/mol. The van der Waals surface area contributed by atoms with Crippen LogP contribution in [-0.4, -0.2) is 50.6 Å². The number of alkyl halides is 5. The minimum atomic E-state index is -1.94. The van der Waals surface area contributed by atoms with Gasteiger partial charge in [0.15, 0.2) is 17.2 Å². The van der Waals surface area contributed by atoms with E-state index < -0.39 is 61.5 Å². The third-order valence-corrected chi connectivity index (χ3v) is 11.1. The molecule has 0 N–H and O–H groups in total. The van der Waals surface area contributed by atoms with Crippen LogP contribution in [0.2, 0.25) is 0 Å². The molecule has 0 bridgehead atoms. The fourth-order valence-corrected chi connectivity index (χ4v) is 9.37. The average Bonchev–Trinajstić information content (AvgIpc) is 3.11. The highest BCUT2D eigenvalue weighted by Crippen LogP contribution is 2.74. The molecule has 1 unspecified atom stereocenters. The summed E-state index contributed by atoms with van der Waals surface area (Å²) in [5.74, 6) is -2.85. The number of halogens is 5. The highest BCUT2D eigenvalue weighted by Gasteiger charge is 2.80. The molecule has 10 atom stereocenters. The van der Waals surface area contributed by atoms with E-state index in [9.17, 15) is 14.0 Å². The van der Waals surface area contributed by atoms with Crippen LogP contribution in [-0.2, 0) is 19.1 Å². The van der Waals surface area contributed by atoms with Crippen LogP contribution in [0, 0.1) is 22.7 Å². The van der Waals surface area contributed by atoms with Crippen molar-refractivity contribution in [3.8, 4) is 0 Å². The van der Waals surface area contributed by atoms with Crippen LogP contribution in [0.25, 0.3) is 0 Å². The monoisotopic (exact) mass is 566 g/mol. The van der Waals surface area contributed by atoms with Crippen molar-refractivity contribution in [2.75, 3.05) is 0 Å². The van der Waals surface area contributed by atoms with Gasteiger partial charge in [-0.25, -0.2) is 8.78 Å². The molecule has 9 heteroatoms. The molecule has 4 nitrogen and oxygen atoms in total. The Morgan fingerprint density at radius 1 is 1.24 bits per heavy atom. The van der Waals surface area contributed by atoms with Crippen LogP contribution in [0.4, 0.5) is 8.78 Å². The lowest BCUT2D eigenvalue weighted by atomic mass is 9.46. The summed E-state index contributed by atoms with van der Waals surface area (Å²) in [7, 11) is 0. The predicted octanol–water partition coefficient (Wildman–Crippen LogP) is 5.58. The molecule has 33 heavy (non-hydrogen) atoms. The Morgan fingerprint density at radius 3 is 2.55 bits per heavy atom. The summed E-state index contributed by atoms with van der Waals surface area (Å²) < 4.78 is 42.6. The number of Topliss-reactive ketones (excluding diaryl/α,β-unsaturated/α-hetero) is 1. The summed E-state index contributed by atoms with van der Waals surface area (Å²) in [6, 6.07) is 0. The van der Waals surface area contributed by atoms with E-state index in [-0.39, 0.29) is 24.5 Å². The molecule has 182 valence electrons. The van der Waals surface area contributed by atoms with Crippen molar-refractivity contribution in [2.45, 2.75) is 86.0 Å². The SMILES string of the molecule is CC1(C)O[C@@H]2C[C@H]3[C@@H]4C[C@H](F)C5=CC(=O)C=C[C@]5(C)[C@@]4(Cl)[C@@H](Cl)C[C@]3(C)[C@]2(C(=O)C(F)Br)O1. The molecule has 5 rings (SSSR count). The molecule has 1 aliphatic heterocycles. The van der Waals surface area contributed by atoms with Crippen molar-refractivity contribution in [2.24, 2.45) is 22.7 Å². The first-order valence-electron chi connectivity index (χ1n) is 11.3. The quantitative estimate of drug-likeness (QED) is 0.409. The smallest absolute Gasteiger partial charge is 0.215 e. The van der Waals surface area contributed by atoms with Crippen LogP contribution >= 0.6 is 39.1 Å². The van der Waals surface area contributed by atoms with Crippen molar-refractivity contribution in [1.82, 2.24) is 0 Å². The molecule has 1 heterocycles. The minimum absolute atomic E-state index is 0.0588. The lowest BCUT2D eigenvalue weighted by molar-refractivity contribution is -0.213. The van der Waals surface area contributed by atoms with Crippen molar-refractivity contribution >= 4 is 50.7 Å². The number of hydrogen-bond acceptors (Lipinski definition) is 4. The van der Waals surface area contributed by atoms with Crippen molar-refractivity contribution in [1.29, 1.82) is 0 Å². The molecule has 0 amide bonds. The van der Waals surface area contributed by atoms with Crippen LogP contribution in [0.3, 0.4) is 0 Å². The van der Waals surface area contributed by atoms with E-state index in [0.717, 1.165) is 0 Å². The first-order valence-corrected chi connectivity index (χ1v) is 13.0. The van der Waals surface area contributed by atoms with E-state index in [1.54, 1.807) is 19.9 Å². The Balaban J connectivity index is 1.67. The number of carbonyl (C=O) groups is 2. The number of rotatable bonds is 2. The number of carbonyl (C=O) groups excluding carboxylic acids is 2. The normalized spacial score (nSPS) is 52.9. The van der Waals surface area contributed by atoms with E-state index in [0.29, 0.717) is 12.0 Å². The number of ketones is 2. The van der Waals surface area contributed by atoms with Gasteiger partial charge < -0.3 is 9.47 Å². The molecule has 4 aliphatic carbocycles. The molecule has 5 aliphatic rings. The lowest BCUT2D eigenvalue weighted by Gasteiger charge is -2.64. The molecule has 0 spiro atoms. The Labute approximate surface area is 210 Å². The fourth-order valence-electron chi connectivity index (χ4n) is 7.83. The maximum Gasteiger partial charge on any atom is 0.215 e. The second-order valence-electron chi connectivity index (χ2n) is 11.1. The fraction of sp³-hybridized carbons (Fsp3) is 0.750. The zero-order valence-electron chi connectivity index (χ0n) is 18.8. The van der Waals surface area contributed by atoms with E-state index in [1.165, 1.54) is 12.2 Å². The lowest BCUT2D eigenvalue weighted by Crippen LogP contribution is -2.69. The highest BCUT2D eigenvalue weighted by molar-refractivity contribution is 9.09. The van der Waals surface area contributed by atoms with Crippen LogP contribution in [0.1, 0.15) is 47.0 Å². The maximum absolute atomic E-state index is 15.6. The molecule has 0 aromatic heterocycles. The summed E-state index contributed by atoms with van der Waals surface area (Å²) in [4.78, 5) is 24.3. The van der Waals surface area contributed by atoms with Gasteiger partial charge in [-0.1, -0.05) is 19.9 Å². The third kappa shape index (κ3) is 2.80. The number of fused-ring (bicyclic) bond motifs is 7. The first-order chi connectivity index (χ1) is 15.1. The summed E-state index contributed by atoms with van der Waals surface area (Å²) in [6.07, 6.45) is 3.02. The first kappa shape index (κ1) is 24.4. The van der Waals surface area contributed by atoms with Gasteiger partial charge in [0.25, 0.3) is 0 Å². The standard InChI is InChI=1S/C24H27BrCl2F2O4/c1-20(2)32-17-9-12-13-8-15(28)14-7-11(30)5-6-21(14,3)23(13,27)16(26)10-22(12,4)24(17,33-20)18(31)19(25)29/h5-7,12-13,15-17,19H,8-10H2,1-4H3/t12-,13-,15-,16-,17+,19?,21-,22-,23-,24-/m0/s1. The summed E-state index contributed by atoms with van der Waals surface area (Å²) in [5, 5.41) is -2.64.